The van der Waals surface area contributed by atoms with Crippen LogP contribution in [0.1, 0.15) is 31.9 Å². The fraction of sp³-hybridized carbons (Fsp3) is 0.333. The Morgan fingerprint density at radius 2 is 1.88 bits per heavy atom. The molecule has 2 aromatic rings. The normalized spacial score (nSPS) is 11.7. The highest BCUT2D eigenvalue weighted by Crippen LogP contribution is 2.23. The van der Waals surface area contributed by atoms with Crippen LogP contribution in [0.2, 0.25) is 5.02 Å². The summed E-state index contributed by atoms with van der Waals surface area (Å²) in [5.74, 6) is -1.07. The van der Waals surface area contributed by atoms with E-state index in [1.165, 1.54) is 19.6 Å². The summed E-state index contributed by atoms with van der Waals surface area (Å²) < 4.78 is 5.03. The van der Waals surface area contributed by atoms with E-state index in [9.17, 15) is 9.59 Å². The molecule has 2 amide bonds. The second-order valence-corrected chi connectivity index (χ2v) is 6.54. The Kier molecular flexibility index (Phi) is 6.91. The van der Waals surface area contributed by atoms with Gasteiger partial charge >= 0.3 is 11.8 Å². The molecule has 0 bridgehead atoms. The summed E-state index contributed by atoms with van der Waals surface area (Å²) in [5, 5.41) is 5.83. The van der Waals surface area contributed by atoms with E-state index in [2.05, 4.69) is 20.6 Å². The molecule has 2 N–H and O–H groups in total. The molecular formula is C18H21ClN4O3. The van der Waals surface area contributed by atoms with E-state index in [4.69, 9.17) is 16.3 Å². The molecule has 1 aromatic carbocycles. The average Bonchev–Trinajstić information content (AvgIpc) is 2.61. The van der Waals surface area contributed by atoms with Crippen molar-refractivity contribution in [3.05, 3.63) is 47.4 Å². The molecular weight excluding hydrogens is 356 g/mol. The Balaban J connectivity index is 2.10. The molecule has 0 fully saturated rings. The largest absolute Gasteiger partial charge is 0.479 e. The van der Waals surface area contributed by atoms with Gasteiger partial charge in [-0.1, -0.05) is 37.6 Å². The minimum atomic E-state index is -0.819. The number of halogens is 1. The Labute approximate surface area is 157 Å². The molecule has 138 valence electrons. The number of hydrogen-bond acceptors (Lipinski definition) is 5. The molecule has 2 rings (SSSR count). The van der Waals surface area contributed by atoms with E-state index in [1.54, 1.807) is 12.1 Å². The summed E-state index contributed by atoms with van der Waals surface area (Å²) in [6, 6.07) is 6.87. The lowest BCUT2D eigenvalue weighted by molar-refractivity contribution is -0.136. The number of ether oxygens (including phenoxy) is 1. The van der Waals surface area contributed by atoms with Crippen molar-refractivity contribution in [2.24, 2.45) is 5.92 Å². The van der Waals surface area contributed by atoms with E-state index in [0.717, 1.165) is 5.56 Å². The van der Waals surface area contributed by atoms with Crippen molar-refractivity contribution in [1.29, 1.82) is 0 Å². The van der Waals surface area contributed by atoms with Crippen molar-refractivity contribution < 1.29 is 14.3 Å². The van der Waals surface area contributed by atoms with E-state index >= 15 is 0 Å². The van der Waals surface area contributed by atoms with E-state index < -0.39 is 11.8 Å². The number of carbonyl (C=O) groups is 2. The predicted octanol–water partition coefficient (Wildman–Crippen LogP) is 2.98. The van der Waals surface area contributed by atoms with Crippen molar-refractivity contribution >= 4 is 29.1 Å². The van der Waals surface area contributed by atoms with Gasteiger partial charge in [-0.2, -0.15) is 4.98 Å². The minimum Gasteiger partial charge on any atom is -0.479 e. The Hall–Kier alpha value is -2.67. The first kappa shape index (κ1) is 19.7. The van der Waals surface area contributed by atoms with Crippen LogP contribution in [-0.4, -0.2) is 28.9 Å². The van der Waals surface area contributed by atoms with Crippen LogP contribution < -0.4 is 15.4 Å². The standard InChI is InChI=1S/C18H21ClN4O3/c1-11(2)8-14(12-4-6-13(19)7-5-12)22-16(24)17(25)23-15-9-20-10-21-18(15)26-3/h4-7,9-11,14H,8H2,1-3H3,(H,22,24)(H,23,25)/t14-/m0/s1. The van der Waals surface area contributed by atoms with Gasteiger partial charge in [0.2, 0.25) is 5.88 Å². The van der Waals surface area contributed by atoms with Gasteiger partial charge in [-0.05, 0) is 30.0 Å². The summed E-state index contributed by atoms with van der Waals surface area (Å²) in [5.41, 5.74) is 1.10. The lowest BCUT2D eigenvalue weighted by Gasteiger charge is -2.21. The Morgan fingerprint density at radius 1 is 1.19 bits per heavy atom. The second kappa shape index (κ2) is 9.15. The lowest BCUT2D eigenvalue weighted by atomic mass is 9.97. The molecule has 8 heteroatoms. The van der Waals surface area contributed by atoms with Crippen molar-refractivity contribution in [2.45, 2.75) is 26.3 Å². The van der Waals surface area contributed by atoms with Crippen molar-refractivity contribution in [3.8, 4) is 5.88 Å². The number of hydrogen-bond donors (Lipinski definition) is 2. The first-order valence-electron chi connectivity index (χ1n) is 8.12. The Morgan fingerprint density at radius 3 is 2.50 bits per heavy atom. The van der Waals surface area contributed by atoms with Crippen LogP contribution in [0.3, 0.4) is 0 Å². The van der Waals surface area contributed by atoms with Gasteiger partial charge < -0.3 is 15.4 Å². The first-order valence-corrected chi connectivity index (χ1v) is 8.49. The van der Waals surface area contributed by atoms with E-state index in [0.29, 0.717) is 17.4 Å². The molecule has 1 aromatic heterocycles. The van der Waals surface area contributed by atoms with Crippen LogP contribution in [0.15, 0.2) is 36.8 Å². The van der Waals surface area contributed by atoms with Gasteiger partial charge in [-0.25, -0.2) is 4.98 Å². The fourth-order valence-electron chi connectivity index (χ4n) is 2.41. The van der Waals surface area contributed by atoms with Crippen LogP contribution in [0.25, 0.3) is 0 Å². The molecule has 1 atom stereocenters. The van der Waals surface area contributed by atoms with Gasteiger partial charge in [0.05, 0.1) is 19.3 Å². The quantitative estimate of drug-likeness (QED) is 0.756. The zero-order valence-corrected chi connectivity index (χ0v) is 15.6. The number of anilines is 1. The first-order chi connectivity index (χ1) is 12.4. The third-order valence-electron chi connectivity index (χ3n) is 3.61. The van der Waals surface area contributed by atoms with Crippen molar-refractivity contribution in [3.63, 3.8) is 0 Å². The van der Waals surface area contributed by atoms with Gasteiger partial charge in [-0.15, -0.1) is 0 Å². The summed E-state index contributed by atoms with van der Waals surface area (Å²) in [6.45, 7) is 4.09. The highest BCUT2D eigenvalue weighted by Gasteiger charge is 2.22. The number of amides is 2. The number of aromatic nitrogens is 2. The molecule has 0 saturated heterocycles. The third-order valence-corrected chi connectivity index (χ3v) is 3.86. The fourth-order valence-corrected chi connectivity index (χ4v) is 2.54. The van der Waals surface area contributed by atoms with E-state index in [1.807, 2.05) is 26.0 Å². The van der Waals surface area contributed by atoms with Crippen LogP contribution in [0, 0.1) is 5.92 Å². The molecule has 26 heavy (non-hydrogen) atoms. The third kappa shape index (κ3) is 5.42. The van der Waals surface area contributed by atoms with Crippen molar-refractivity contribution in [1.82, 2.24) is 15.3 Å². The zero-order chi connectivity index (χ0) is 19.1. The number of benzene rings is 1. The Bertz CT molecular complexity index is 765. The van der Waals surface area contributed by atoms with E-state index in [-0.39, 0.29) is 17.6 Å². The maximum atomic E-state index is 12.3. The maximum Gasteiger partial charge on any atom is 0.313 e. The monoisotopic (exact) mass is 376 g/mol. The van der Waals surface area contributed by atoms with Crippen LogP contribution in [0.4, 0.5) is 5.69 Å². The summed E-state index contributed by atoms with van der Waals surface area (Å²) in [7, 11) is 1.41. The molecule has 0 radical (unpaired) electrons. The molecule has 0 unspecified atom stereocenters. The summed E-state index contributed by atoms with van der Waals surface area (Å²) in [4.78, 5) is 32.3. The van der Waals surface area contributed by atoms with Gasteiger partial charge in [0, 0.05) is 5.02 Å². The topological polar surface area (TPSA) is 93.2 Å². The molecule has 0 aliphatic rings. The number of carbonyl (C=O) groups excluding carboxylic acids is 2. The van der Waals surface area contributed by atoms with Crippen LogP contribution >= 0.6 is 11.6 Å². The lowest BCUT2D eigenvalue weighted by Crippen LogP contribution is -2.38. The van der Waals surface area contributed by atoms with Gasteiger partial charge in [0.1, 0.15) is 12.0 Å². The summed E-state index contributed by atoms with van der Waals surface area (Å²) >= 11 is 5.92. The highest BCUT2D eigenvalue weighted by molar-refractivity contribution is 6.39. The SMILES string of the molecule is COc1ncncc1NC(=O)C(=O)N[C@@H](CC(C)C)c1ccc(Cl)cc1. The summed E-state index contributed by atoms with van der Waals surface area (Å²) in [6.07, 6.45) is 3.33. The number of nitrogens with zero attached hydrogens (tertiary/aromatic N) is 2. The molecule has 0 aliphatic carbocycles. The minimum absolute atomic E-state index is 0.178. The highest BCUT2D eigenvalue weighted by atomic mass is 35.5. The van der Waals surface area contributed by atoms with Crippen molar-refractivity contribution in [2.75, 3.05) is 12.4 Å². The molecule has 0 aliphatic heterocycles. The van der Waals surface area contributed by atoms with Crippen LogP contribution in [-0.2, 0) is 9.59 Å². The molecule has 7 nitrogen and oxygen atoms in total. The number of rotatable bonds is 6. The van der Waals surface area contributed by atoms with Gasteiger partial charge in [-0.3, -0.25) is 9.59 Å². The van der Waals surface area contributed by atoms with Crippen LogP contribution in [0.5, 0.6) is 5.88 Å². The smallest absolute Gasteiger partial charge is 0.313 e. The zero-order valence-electron chi connectivity index (χ0n) is 14.8. The van der Waals surface area contributed by atoms with Gasteiger partial charge in [0.15, 0.2) is 0 Å². The second-order valence-electron chi connectivity index (χ2n) is 6.11. The van der Waals surface area contributed by atoms with Gasteiger partial charge in [0.25, 0.3) is 0 Å². The maximum absolute atomic E-state index is 12.3. The molecule has 0 saturated carbocycles. The average molecular weight is 377 g/mol. The predicted molar refractivity (Wildman–Crippen MR) is 99.0 cm³/mol. The number of nitrogens with one attached hydrogen (secondary N) is 2. The molecule has 0 spiro atoms. The number of methoxy groups -OCH3 is 1. The molecule has 1 heterocycles.